The van der Waals surface area contributed by atoms with Crippen LogP contribution in [0.3, 0.4) is 0 Å². The highest BCUT2D eigenvalue weighted by Gasteiger charge is 2.25. The van der Waals surface area contributed by atoms with E-state index < -0.39 is 5.54 Å². The van der Waals surface area contributed by atoms with Gasteiger partial charge in [0.2, 0.25) is 0 Å². The lowest BCUT2D eigenvalue weighted by molar-refractivity contribution is 0.168. The number of hydrogen-bond acceptors (Lipinski definition) is 4. The summed E-state index contributed by atoms with van der Waals surface area (Å²) in [5.41, 5.74) is 0.598. The fraction of sp³-hybridized carbons (Fsp3) is 0.625. The van der Waals surface area contributed by atoms with Crippen molar-refractivity contribution in [3.8, 4) is 5.75 Å². The first-order chi connectivity index (χ1) is 9.59. The summed E-state index contributed by atoms with van der Waals surface area (Å²) >= 11 is 0. The summed E-state index contributed by atoms with van der Waals surface area (Å²) in [6, 6.07) is 7.86. The van der Waals surface area contributed by atoms with E-state index in [1.165, 1.54) is 0 Å². The molecule has 1 aromatic rings. The van der Waals surface area contributed by atoms with E-state index in [0.29, 0.717) is 0 Å². The summed E-state index contributed by atoms with van der Waals surface area (Å²) in [5.74, 6) is 0.813. The molecule has 1 atom stereocenters. The molecule has 0 radical (unpaired) electrons. The quantitative estimate of drug-likeness (QED) is 0.724. The number of rotatable bonds is 9. The Morgan fingerprint density at radius 3 is 2.55 bits per heavy atom. The van der Waals surface area contributed by atoms with Crippen LogP contribution in [0, 0.1) is 0 Å². The Labute approximate surface area is 122 Å². The van der Waals surface area contributed by atoms with Crippen LogP contribution in [0.5, 0.6) is 5.75 Å². The number of benzene rings is 1. The molecular weight excluding hydrogens is 252 g/mol. The topological polar surface area (TPSA) is 44.7 Å². The number of aliphatic hydroxyl groups is 1. The van der Waals surface area contributed by atoms with Crippen molar-refractivity contribution < 1.29 is 9.84 Å². The van der Waals surface area contributed by atoms with Gasteiger partial charge in [-0.2, -0.15) is 0 Å². The first-order valence-electron chi connectivity index (χ1n) is 7.32. The number of nitrogens with zero attached hydrogens (tertiary/aromatic N) is 1. The molecule has 0 spiro atoms. The molecule has 0 saturated carbocycles. The van der Waals surface area contributed by atoms with Crippen LogP contribution in [0.15, 0.2) is 24.3 Å². The molecule has 4 nitrogen and oxygen atoms in total. The van der Waals surface area contributed by atoms with Crippen molar-refractivity contribution in [1.29, 1.82) is 0 Å². The summed E-state index contributed by atoms with van der Waals surface area (Å²) in [7, 11) is 1.66. The van der Waals surface area contributed by atoms with Gasteiger partial charge in [-0.1, -0.05) is 26.0 Å². The molecule has 0 aliphatic heterocycles. The molecule has 4 heteroatoms. The molecule has 0 heterocycles. The SMILES string of the molecule is CCN(CC)CCNC(C)(CO)c1cccc(OC)c1. The molecule has 1 aromatic carbocycles. The van der Waals surface area contributed by atoms with Gasteiger partial charge in [0.15, 0.2) is 0 Å². The Bertz CT molecular complexity index is 394. The molecule has 0 fully saturated rings. The van der Waals surface area contributed by atoms with Gasteiger partial charge < -0.3 is 20.1 Å². The van der Waals surface area contributed by atoms with E-state index in [4.69, 9.17) is 4.74 Å². The van der Waals surface area contributed by atoms with Crippen molar-refractivity contribution >= 4 is 0 Å². The minimum Gasteiger partial charge on any atom is -0.497 e. The first kappa shape index (κ1) is 17.0. The minimum atomic E-state index is -0.443. The number of hydrogen-bond donors (Lipinski definition) is 2. The summed E-state index contributed by atoms with van der Waals surface area (Å²) in [6.07, 6.45) is 0. The molecule has 114 valence electrons. The average molecular weight is 280 g/mol. The monoisotopic (exact) mass is 280 g/mol. The summed E-state index contributed by atoms with van der Waals surface area (Å²) in [5, 5.41) is 13.2. The maximum Gasteiger partial charge on any atom is 0.119 e. The van der Waals surface area contributed by atoms with Gasteiger partial charge in [-0.3, -0.25) is 0 Å². The van der Waals surface area contributed by atoms with Gasteiger partial charge in [0.25, 0.3) is 0 Å². The molecule has 1 unspecified atom stereocenters. The Morgan fingerprint density at radius 2 is 2.00 bits per heavy atom. The zero-order chi connectivity index (χ0) is 15.0. The lowest BCUT2D eigenvalue weighted by atomic mass is 9.92. The van der Waals surface area contributed by atoms with E-state index in [1.54, 1.807) is 7.11 Å². The zero-order valence-electron chi connectivity index (χ0n) is 13.1. The van der Waals surface area contributed by atoms with Gasteiger partial charge in [0.05, 0.1) is 19.3 Å². The predicted molar refractivity (Wildman–Crippen MR) is 83.2 cm³/mol. The third-order valence-corrected chi connectivity index (χ3v) is 3.86. The van der Waals surface area contributed by atoms with E-state index in [1.807, 2.05) is 31.2 Å². The molecule has 1 rings (SSSR count). The van der Waals surface area contributed by atoms with Crippen LogP contribution in [0.25, 0.3) is 0 Å². The van der Waals surface area contributed by atoms with Crippen molar-refractivity contribution in [1.82, 2.24) is 10.2 Å². The van der Waals surface area contributed by atoms with Gasteiger partial charge >= 0.3 is 0 Å². The summed E-state index contributed by atoms with van der Waals surface area (Å²) in [4.78, 5) is 2.36. The van der Waals surface area contributed by atoms with Crippen LogP contribution >= 0.6 is 0 Å². The lowest BCUT2D eigenvalue weighted by Gasteiger charge is -2.31. The number of aliphatic hydroxyl groups excluding tert-OH is 1. The highest BCUT2D eigenvalue weighted by molar-refractivity contribution is 5.33. The third-order valence-electron chi connectivity index (χ3n) is 3.86. The van der Waals surface area contributed by atoms with Gasteiger partial charge in [0.1, 0.15) is 5.75 Å². The van der Waals surface area contributed by atoms with E-state index in [-0.39, 0.29) is 6.61 Å². The zero-order valence-corrected chi connectivity index (χ0v) is 13.1. The van der Waals surface area contributed by atoms with Crippen LogP contribution in [-0.4, -0.2) is 49.9 Å². The van der Waals surface area contributed by atoms with Crippen molar-refractivity contribution in [2.45, 2.75) is 26.3 Å². The van der Waals surface area contributed by atoms with Crippen LogP contribution < -0.4 is 10.1 Å². The predicted octanol–water partition coefficient (Wildman–Crippen LogP) is 1.83. The van der Waals surface area contributed by atoms with Crippen molar-refractivity contribution in [2.75, 3.05) is 39.9 Å². The molecule has 0 aliphatic carbocycles. The number of likely N-dealkylation sites (N-methyl/N-ethyl adjacent to an activating group) is 1. The smallest absolute Gasteiger partial charge is 0.119 e. The fourth-order valence-corrected chi connectivity index (χ4v) is 2.25. The molecule has 0 aliphatic rings. The second-order valence-electron chi connectivity index (χ2n) is 5.18. The number of ether oxygens (including phenoxy) is 1. The van der Waals surface area contributed by atoms with Crippen LogP contribution in [0.4, 0.5) is 0 Å². The van der Waals surface area contributed by atoms with Gasteiger partial charge in [-0.05, 0) is 37.7 Å². The van der Waals surface area contributed by atoms with Gasteiger partial charge in [0, 0.05) is 13.1 Å². The number of nitrogens with one attached hydrogen (secondary N) is 1. The normalized spacial score (nSPS) is 14.3. The van der Waals surface area contributed by atoms with E-state index >= 15 is 0 Å². The second-order valence-corrected chi connectivity index (χ2v) is 5.18. The van der Waals surface area contributed by atoms with Gasteiger partial charge in [-0.15, -0.1) is 0 Å². The van der Waals surface area contributed by atoms with Crippen molar-refractivity contribution in [3.63, 3.8) is 0 Å². The molecular formula is C16H28N2O2. The molecule has 0 aromatic heterocycles. The molecule has 0 amide bonds. The highest BCUT2D eigenvalue weighted by atomic mass is 16.5. The van der Waals surface area contributed by atoms with Crippen molar-refractivity contribution in [2.24, 2.45) is 0 Å². The third kappa shape index (κ3) is 4.47. The Hall–Kier alpha value is -1.10. The standard InChI is InChI=1S/C16H28N2O2/c1-5-18(6-2)11-10-17-16(3,13-19)14-8-7-9-15(12-14)20-4/h7-9,12,17,19H,5-6,10-11,13H2,1-4H3. The largest absolute Gasteiger partial charge is 0.497 e. The van der Waals surface area contributed by atoms with Crippen LogP contribution in [0.1, 0.15) is 26.3 Å². The summed E-state index contributed by atoms with van der Waals surface area (Å²) in [6.45, 7) is 10.3. The van der Waals surface area contributed by atoms with Crippen LogP contribution in [0.2, 0.25) is 0 Å². The van der Waals surface area contributed by atoms with Gasteiger partial charge in [-0.25, -0.2) is 0 Å². The first-order valence-corrected chi connectivity index (χ1v) is 7.32. The lowest BCUT2D eigenvalue weighted by Crippen LogP contribution is -2.46. The minimum absolute atomic E-state index is 0.0540. The maximum absolute atomic E-state index is 9.77. The Kier molecular flexibility index (Phi) is 6.99. The van der Waals surface area contributed by atoms with E-state index in [0.717, 1.165) is 37.5 Å². The molecule has 0 bridgehead atoms. The maximum atomic E-state index is 9.77. The molecule has 2 N–H and O–H groups in total. The average Bonchev–Trinajstić information content (AvgIpc) is 2.51. The fourth-order valence-electron chi connectivity index (χ4n) is 2.25. The summed E-state index contributed by atoms with van der Waals surface area (Å²) < 4.78 is 5.25. The Balaban J connectivity index is 2.70. The van der Waals surface area contributed by atoms with E-state index in [9.17, 15) is 5.11 Å². The highest BCUT2D eigenvalue weighted by Crippen LogP contribution is 2.24. The molecule has 20 heavy (non-hydrogen) atoms. The van der Waals surface area contributed by atoms with E-state index in [2.05, 4.69) is 24.1 Å². The van der Waals surface area contributed by atoms with Crippen molar-refractivity contribution in [3.05, 3.63) is 29.8 Å². The number of methoxy groups -OCH3 is 1. The van der Waals surface area contributed by atoms with Crippen LogP contribution in [-0.2, 0) is 5.54 Å². The Morgan fingerprint density at radius 1 is 1.30 bits per heavy atom. The molecule has 0 saturated heterocycles. The second kappa shape index (κ2) is 8.25.